The molecule has 3 nitrogen and oxygen atoms in total. The minimum atomic E-state index is -0.698. The van der Waals surface area contributed by atoms with E-state index in [1.165, 1.54) is 12.8 Å². The molecule has 0 amide bonds. The van der Waals surface area contributed by atoms with Gasteiger partial charge in [-0.2, -0.15) is 0 Å². The van der Waals surface area contributed by atoms with Gasteiger partial charge in [0, 0.05) is 19.4 Å². The molecular weight excluding hydrogens is 212 g/mol. The maximum absolute atomic E-state index is 10.8. The van der Waals surface area contributed by atoms with Crippen LogP contribution in [0.2, 0.25) is 0 Å². The topological polar surface area (TPSA) is 38.1 Å². The zero-order valence-corrected chi connectivity index (χ0v) is 11.2. The van der Waals surface area contributed by atoms with E-state index < -0.39 is 5.60 Å². The molecule has 1 N–H and O–H groups in total. The van der Waals surface area contributed by atoms with Gasteiger partial charge in [-0.05, 0) is 37.5 Å². The first-order valence-electron chi connectivity index (χ1n) is 6.71. The fraction of sp³-hybridized carbons (Fsp3) is 0.786. The van der Waals surface area contributed by atoms with Gasteiger partial charge in [0.1, 0.15) is 11.4 Å². The minimum Gasteiger partial charge on any atom is -0.382 e. The van der Waals surface area contributed by atoms with E-state index >= 15 is 0 Å². The number of aromatic nitrogens is 2. The smallest absolute Gasteiger partial charge is 0.140 e. The van der Waals surface area contributed by atoms with Gasteiger partial charge in [-0.1, -0.05) is 20.3 Å². The van der Waals surface area contributed by atoms with Crippen LogP contribution in [0.25, 0.3) is 0 Å². The summed E-state index contributed by atoms with van der Waals surface area (Å²) in [6.07, 6.45) is 9.00. The highest BCUT2D eigenvalue weighted by molar-refractivity contribution is 5.06. The first kappa shape index (κ1) is 12.6. The quantitative estimate of drug-likeness (QED) is 0.876. The van der Waals surface area contributed by atoms with E-state index in [0.717, 1.165) is 25.1 Å². The molecular formula is C14H24N2O. The van der Waals surface area contributed by atoms with Crippen molar-refractivity contribution in [3.05, 3.63) is 18.2 Å². The third-order valence-corrected chi connectivity index (χ3v) is 3.87. The summed E-state index contributed by atoms with van der Waals surface area (Å²) in [5, 5.41) is 10.8. The van der Waals surface area contributed by atoms with E-state index in [0.29, 0.717) is 11.8 Å². The highest BCUT2D eigenvalue weighted by Crippen LogP contribution is 2.41. The molecule has 1 aliphatic rings. The monoisotopic (exact) mass is 236 g/mol. The van der Waals surface area contributed by atoms with Gasteiger partial charge in [0.2, 0.25) is 0 Å². The summed E-state index contributed by atoms with van der Waals surface area (Å²) in [7, 11) is 1.96. The summed E-state index contributed by atoms with van der Waals surface area (Å²) in [6, 6.07) is 0. The number of aliphatic hydroxyl groups is 1. The molecule has 3 heteroatoms. The van der Waals surface area contributed by atoms with Crippen LogP contribution < -0.4 is 0 Å². The predicted octanol–water partition coefficient (Wildman–Crippen LogP) is 2.84. The lowest BCUT2D eigenvalue weighted by atomic mass is 9.74. The summed E-state index contributed by atoms with van der Waals surface area (Å²) in [4.78, 5) is 4.34. The van der Waals surface area contributed by atoms with Crippen LogP contribution in [0.15, 0.2) is 12.4 Å². The Hall–Kier alpha value is -0.830. The van der Waals surface area contributed by atoms with E-state index in [4.69, 9.17) is 0 Å². The molecule has 1 aliphatic carbocycles. The lowest BCUT2D eigenvalue weighted by Gasteiger charge is -2.36. The summed E-state index contributed by atoms with van der Waals surface area (Å²) in [6.45, 7) is 4.52. The van der Waals surface area contributed by atoms with Gasteiger partial charge >= 0.3 is 0 Å². The standard InChI is InChI=1S/C14H24N2O/c1-11(2)9-12-5-4-6-14(17,10-12)13-15-7-8-16(13)3/h7-8,11-12,17H,4-6,9-10H2,1-3H3. The molecule has 96 valence electrons. The van der Waals surface area contributed by atoms with E-state index in [1.807, 2.05) is 17.8 Å². The fourth-order valence-electron chi connectivity index (χ4n) is 3.25. The van der Waals surface area contributed by atoms with Gasteiger partial charge in [0.15, 0.2) is 0 Å². The molecule has 0 spiro atoms. The Morgan fingerprint density at radius 1 is 1.59 bits per heavy atom. The first-order chi connectivity index (χ1) is 8.01. The summed E-state index contributed by atoms with van der Waals surface area (Å²) in [5.41, 5.74) is -0.698. The zero-order chi connectivity index (χ0) is 12.5. The van der Waals surface area contributed by atoms with Gasteiger partial charge in [0.25, 0.3) is 0 Å². The minimum absolute atomic E-state index is 0.644. The number of hydrogen-bond acceptors (Lipinski definition) is 2. The molecule has 0 aromatic carbocycles. The molecule has 0 aliphatic heterocycles. The van der Waals surface area contributed by atoms with Crippen molar-refractivity contribution in [2.75, 3.05) is 0 Å². The van der Waals surface area contributed by atoms with Crippen molar-refractivity contribution in [1.29, 1.82) is 0 Å². The molecule has 17 heavy (non-hydrogen) atoms. The third-order valence-electron chi connectivity index (χ3n) is 3.87. The summed E-state index contributed by atoms with van der Waals surface area (Å²) < 4.78 is 1.96. The molecule has 1 fully saturated rings. The highest BCUT2D eigenvalue weighted by atomic mass is 16.3. The number of hydrogen-bond donors (Lipinski definition) is 1. The second-order valence-corrected chi connectivity index (χ2v) is 5.99. The molecule has 2 unspecified atom stereocenters. The molecule has 0 bridgehead atoms. The zero-order valence-electron chi connectivity index (χ0n) is 11.2. The van der Waals surface area contributed by atoms with Crippen molar-refractivity contribution in [3.63, 3.8) is 0 Å². The van der Waals surface area contributed by atoms with E-state index in [-0.39, 0.29) is 0 Å². The molecule has 1 aromatic heterocycles. The van der Waals surface area contributed by atoms with Gasteiger partial charge in [0.05, 0.1) is 0 Å². The maximum atomic E-state index is 10.8. The summed E-state index contributed by atoms with van der Waals surface area (Å²) in [5.74, 6) is 2.19. The number of rotatable bonds is 3. The van der Waals surface area contributed by atoms with Crippen LogP contribution in [-0.4, -0.2) is 14.7 Å². The lowest BCUT2D eigenvalue weighted by molar-refractivity contribution is -0.0339. The molecule has 0 saturated heterocycles. The third kappa shape index (κ3) is 2.71. The SMILES string of the molecule is CC(C)CC1CCCC(O)(c2nccn2C)C1. The number of imidazole rings is 1. The Morgan fingerprint density at radius 3 is 2.94 bits per heavy atom. The van der Waals surface area contributed by atoms with Crippen molar-refractivity contribution in [2.24, 2.45) is 18.9 Å². The van der Waals surface area contributed by atoms with Gasteiger partial charge < -0.3 is 9.67 Å². The average molecular weight is 236 g/mol. The van der Waals surface area contributed by atoms with Gasteiger partial charge in [-0.3, -0.25) is 0 Å². The van der Waals surface area contributed by atoms with Crippen molar-refractivity contribution in [2.45, 2.75) is 51.6 Å². The molecule has 0 radical (unpaired) electrons. The maximum Gasteiger partial charge on any atom is 0.140 e. The lowest BCUT2D eigenvalue weighted by Crippen LogP contribution is -2.35. The van der Waals surface area contributed by atoms with Crippen LogP contribution in [-0.2, 0) is 12.6 Å². The van der Waals surface area contributed by atoms with Crippen molar-refractivity contribution >= 4 is 0 Å². The van der Waals surface area contributed by atoms with Crippen LogP contribution in [0.5, 0.6) is 0 Å². The Balaban J connectivity index is 2.12. The summed E-state index contributed by atoms with van der Waals surface area (Å²) >= 11 is 0. The molecule has 1 heterocycles. The van der Waals surface area contributed by atoms with Crippen LogP contribution in [0.3, 0.4) is 0 Å². The average Bonchev–Trinajstić information content (AvgIpc) is 2.64. The first-order valence-corrected chi connectivity index (χ1v) is 6.71. The Bertz CT molecular complexity index is 372. The van der Waals surface area contributed by atoms with Crippen molar-refractivity contribution in [1.82, 2.24) is 9.55 Å². The van der Waals surface area contributed by atoms with Crippen LogP contribution >= 0.6 is 0 Å². The second-order valence-electron chi connectivity index (χ2n) is 5.99. The van der Waals surface area contributed by atoms with E-state index in [9.17, 15) is 5.11 Å². The predicted molar refractivity (Wildman–Crippen MR) is 68.5 cm³/mol. The van der Waals surface area contributed by atoms with Crippen LogP contribution in [0.4, 0.5) is 0 Å². The second kappa shape index (κ2) is 4.81. The molecule has 2 rings (SSSR count). The van der Waals surface area contributed by atoms with Gasteiger partial charge in [-0.15, -0.1) is 0 Å². The van der Waals surface area contributed by atoms with E-state index in [2.05, 4.69) is 18.8 Å². The Kier molecular flexibility index (Phi) is 3.57. The van der Waals surface area contributed by atoms with Crippen molar-refractivity contribution < 1.29 is 5.11 Å². The molecule has 1 aromatic rings. The van der Waals surface area contributed by atoms with Gasteiger partial charge in [-0.25, -0.2) is 4.98 Å². The Morgan fingerprint density at radius 2 is 2.35 bits per heavy atom. The normalized spacial score (nSPS) is 29.8. The fourth-order valence-corrected chi connectivity index (χ4v) is 3.25. The largest absolute Gasteiger partial charge is 0.382 e. The number of nitrogens with zero attached hydrogens (tertiary/aromatic N) is 2. The Labute approximate surface area is 104 Å². The molecule has 2 atom stereocenters. The van der Waals surface area contributed by atoms with Crippen LogP contribution in [0, 0.1) is 11.8 Å². The van der Waals surface area contributed by atoms with E-state index in [1.54, 1.807) is 6.20 Å². The van der Waals surface area contributed by atoms with Crippen molar-refractivity contribution in [3.8, 4) is 0 Å². The number of aryl methyl sites for hydroxylation is 1. The van der Waals surface area contributed by atoms with Crippen LogP contribution in [0.1, 0.15) is 51.8 Å². The molecule has 1 saturated carbocycles. The highest BCUT2D eigenvalue weighted by Gasteiger charge is 2.38.